The highest BCUT2D eigenvalue weighted by Gasteiger charge is 2.16. The van der Waals surface area contributed by atoms with Crippen molar-refractivity contribution in [1.82, 2.24) is 9.97 Å². The molecule has 2 N–H and O–H groups in total. The second-order valence-electron chi connectivity index (χ2n) is 3.89. The van der Waals surface area contributed by atoms with Crippen LogP contribution in [0.1, 0.15) is 5.82 Å². The molecule has 94 valence electrons. The second-order valence-corrected chi connectivity index (χ2v) is 4.68. The van der Waals surface area contributed by atoms with Crippen molar-refractivity contribution in [1.29, 1.82) is 0 Å². The Bertz CT molecular complexity index is 583. The largest absolute Gasteiger partial charge is 0.454 e. The Hall–Kier alpha value is -1.53. The van der Waals surface area contributed by atoms with Gasteiger partial charge in [-0.2, -0.15) is 0 Å². The molecule has 5 nitrogen and oxygen atoms in total. The van der Waals surface area contributed by atoms with Crippen molar-refractivity contribution < 1.29 is 14.6 Å². The van der Waals surface area contributed by atoms with Gasteiger partial charge in [-0.1, -0.05) is 0 Å². The minimum atomic E-state index is 0.0700. The van der Waals surface area contributed by atoms with E-state index in [0.29, 0.717) is 6.42 Å². The number of hydrogen-bond acceptors (Lipinski definition) is 4. The lowest BCUT2D eigenvalue weighted by Crippen LogP contribution is -1.93. The van der Waals surface area contributed by atoms with Gasteiger partial charge in [0.05, 0.1) is 6.61 Å². The fraction of sp³-hybridized carbons (Fsp3) is 0.250. The molecule has 1 aliphatic rings. The standard InChI is InChI=1S/C12H11BrN2O3/c13-12-11(14-10(15-12)3-4-16)7-1-2-8-9(5-7)18-6-17-8/h1-2,5,16H,3-4,6H2,(H,14,15). The normalized spacial score (nSPS) is 13.0. The molecule has 0 fully saturated rings. The van der Waals surface area contributed by atoms with E-state index in [9.17, 15) is 0 Å². The Balaban J connectivity index is 1.99. The Labute approximate surface area is 112 Å². The van der Waals surface area contributed by atoms with Gasteiger partial charge in [0.25, 0.3) is 0 Å². The molecule has 1 aromatic carbocycles. The van der Waals surface area contributed by atoms with Crippen LogP contribution in [-0.2, 0) is 6.42 Å². The first kappa shape index (κ1) is 11.6. The number of aliphatic hydroxyl groups is 1. The number of halogens is 1. The smallest absolute Gasteiger partial charge is 0.231 e. The summed E-state index contributed by atoms with van der Waals surface area (Å²) < 4.78 is 11.4. The summed E-state index contributed by atoms with van der Waals surface area (Å²) in [5, 5.41) is 8.91. The van der Waals surface area contributed by atoms with E-state index in [4.69, 9.17) is 14.6 Å². The number of ether oxygens (including phenoxy) is 2. The van der Waals surface area contributed by atoms with E-state index in [-0.39, 0.29) is 13.4 Å². The molecule has 18 heavy (non-hydrogen) atoms. The number of aromatic amines is 1. The molecule has 0 aliphatic carbocycles. The number of H-pyrrole nitrogens is 1. The van der Waals surface area contributed by atoms with Crippen molar-refractivity contribution in [2.24, 2.45) is 0 Å². The fourth-order valence-electron chi connectivity index (χ4n) is 1.86. The number of rotatable bonds is 3. The van der Waals surface area contributed by atoms with Gasteiger partial charge in [-0.3, -0.25) is 0 Å². The Morgan fingerprint density at radius 3 is 3.00 bits per heavy atom. The van der Waals surface area contributed by atoms with Gasteiger partial charge in [0.2, 0.25) is 6.79 Å². The summed E-state index contributed by atoms with van der Waals surface area (Å²) in [4.78, 5) is 7.52. The molecule has 1 aliphatic heterocycles. The Morgan fingerprint density at radius 1 is 1.33 bits per heavy atom. The summed E-state index contributed by atoms with van der Waals surface area (Å²) in [5.74, 6) is 2.23. The van der Waals surface area contributed by atoms with Crippen LogP contribution in [0.4, 0.5) is 0 Å². The molecule has 6 heteroatoms. The first-order valence-electron chi connectivity index (χ1n) is 5.53. The van der Waals surface area contributed by atoms with Gasteiger partial charge in [0, 0.05) is 12.0 Å². The summed E-state index contributed by atoms with van der Waals surface area (Å²) >= 11 is 3.43. The third-order valence-electron chi connectivity index (χ3n) is 2.70. The molecule has 0 spiro atoms. The lowest BCUT2D eigenvalue weighted by molar-refractivity contribution is 0.174. The zero-order valence-electron chi connectivity index (χ0n) is 9.44. The summed E-state index contributed by atoms with van der Waals surface area (Å²) in [7, 11) is 0. The average molecular weight is 311 g/mol. The fourth-order valence-corrected chi connectivity index (χ4v) is 2.40. The van der Waals surface area contributed by atoms with Crippen LogP contribution in [0.15, 0.2) is 22.8 Å². The maximum Gasteiger partial charge on any atom is 0.231 e. The molecular weight excluding hydrogens is 300 g/mol. The van der Waals surface area contributed by atoms with Gasteiger partial charge in [0.15, 0.2) is 11.5 Å². The molecule has 0 bridgehead atoms. The van der Waals surface area contributed by atoms with E-state index < -0.39 is 0 Å². The molecule has 0 radical (unpaired) electrons. The van der Waals surface area contributed by atoms with Crippen molar-refractivity contribution in [2.45, 2.75) is 6.42 Å². The number of imidazole rings is 1. The number of nitrogens with zero attached hydrogens (tertiary/aromatic N) is 1. The van der Waals surface area contributed by atoms with E-state index >= 15 is 0 Å². The highest BCUT2D eigenvalue weighted by molar-refractivity contribution is 9.10. The molecule has 0 saturated carbocycles. The van der Waals surface area contributed by atoms with Crippen LogP contribution in [0.3, 0.4) is 0 Å². The highest BCUT2D eigenvalue weighted by Crippen LogP contribution is 2.37. The minimum absolute atomic E-state index is 0.0700. The van der Waals surface area contributed by atoms with Crippen molar-refractivity contribution in [3.63, 3.8) is 0 Å². The Morgan fingerprint density at radius 2 is 2.17 bits per heavy atom. The number of benzene rings is 1. The molecule has 1 aromatic heterocycles. The van der Waals surface area contributed by atoms with E-state index in [1.807, 2.05) is 18.2 Å². The molecule has 0 amide bonds. The van der Waals surface area contributed by atoms with Gasteiger partial charge in [-0.15, -0.1) is 0 Å². The summed E-state index contributed by atoms with van der Waals surface area (Å²) in [6.45, 7) is 0.330. The number of nitrogens with one attached hydrogen (secondary N) is 1. The maximum atomic E-state index is 8.91. The summed E-state index contributed by atoms with van der Waals surface area (Å²) in [6.07, 6.45) is 0.503. The molecule has 2 heterocycles. The zero-order chi connectivity index (χ0) is 12.5. The van der Waals surface area contributed by atoms with E-state index in [0.717, 1.165) is 33.2 Å². The molecule has 0 unspecified atom stereocenters. The zero-order valence-corrected chi connectivity index (χ0v) is 11.0. The van der Waals surface area contributed by atoms with Crippen LogP contribution >= 0.6 is 15.9 Å². The summed E-state index contributed by atoms with van der Waals surface area (Å²) in [5.41, 5.74) is 1.74. The van der Waals surface area contributed by atoms with Gasteiger partial charge in [0.1, 0.15) is 16.1 Å². The third kappa shape index (κ3) is 1.97. The van der Waals surface area contributed by atoms with Crippen LogP contribution in [0, 0.1) is 0 Å². The van der Waals surface area contributed by atoms with Crippen LogP contribution in [-0.4, -0.2) is 28.5 Å². The SMILES string of the molecule is OCCc1nc(-c2ccc3c(c2)OCO3)c(Br)[nH]1. The number of aromatic nitrogens is 2. The molecule has 2 aromatic rings. The van der Waals surface area contributed by atoms with Crippen LogP contribution in [0.5, 0.6) is 11.5 Å². The van der Waals surface area contributed by atoms with Gasteiger partial charge in [-0.05, 0) is 34.1 Å². The van der Waals surface area contributed by atoms with Crippen molar-refractivity contribution >= 4 is 15.9 Å². The second kappa shape index (κ2) is 4.62. The molecule has 0 saturated heterocycles. The van der Waals surface area contributed by atoms with E-state index in [2.05, 4.69) is 25.9 Å². The van der Waals surface area contributed by atoms with Crippen molar-refractivity contribution in [3.05, 3.63) is 28.6 Å². The van der Waals surface area contributed by atoms with Crippen molar-refractivity contribution in [2.75, 3.05) is 13.4 Å². The van der Waals surface area contributed by atoms with E-state index in [1.165, 1.54) is 0 Å². The average Bonchev–Trinajstić information content (AvgIpc) is 2.95. The van der Waals surface area contributed by atoms with Crippen LogP contribution in [0.2, 0.25) is 0 Å². The van der Waals surface area contributed by atoms with Gasteiger partial charge >= 0.3 is 0 Å². The molecule has 3 rings (SSSR count). The third-order valence-corrected chi connectivity index (χ3v) is 3.28. The van der Waals surface area contributed by atoms with Crippen molar-refractivity contribution in [3.8, 4) is 22.8 Å². The maximum absolute atomic E-state index is 8.91. The summed E-state index contributed by atoms with van der Waals surface area (Å²) in [6, 6.07) is 5.69. The number of aliphatic hydroxyl groups excluding tert-OH is 1. The molecular formula is C12H11BrN2O3. The first-order valence-corrected chi connectivity index (χ1v) is 6.32. The monoisotopic (exact) mass is 310 g/mol. The highest BCUT2D eigenvalue weighted by atomic mass is 79.9. The topological polar surface area (TPSA) is 67.4 Å². The minimum Gasteiger partial charge on any atom is -0.454 e. The number of hydrogen-bond donors (Lipinski definition) is 2. The van der Waals surface area contributed by atoms with Crippen LogP contribution in [0.25, 0.3) is 11.3 Å². The van der Waals surface area contributed by atoms with Gasteiger partial charge < -0.3 is 19.6 Å². The van der Waals surface area contributed by atoms with Crippen LogP contribution < -0.4 is 9.47 Å². The lowest BCUT2D eigenvalue weighted by atomic mass is 10.1. The lowest BCUT2D eigenvalue weighted by Gasteiger charge is -2.00. The first-order chi connectivity index (χ1) is 8.78. The predicted molar refractivity (Wildman–Crippen MR) is 68.6 cm³/mol. The van der Waals surface area contributed by atoms with Gasteiger partial charge in [-0.25, -0.2) is 4.98 Å². The quantitative estimate of drug-likeness (QED) is 0.911. The Kier molecular flexibility index (Phi) is 2.97. The molecule has 0 atom stereocenters. The van der Waals surface area contributed by atoms with E-state index in [1.54, 1.807) is 0 Å². The predicted octanol–water partition coefficient (Wildman–Crippen LogP) is 2.10. The number of fused-ring (bicyclic) bond motifs is 1.